The van der Waals surface area contributed by atoms with E-state index in [-0.39, 0.29) is 11.5 Å². The van der Waals surface area contributed by atoms with E-state index in [1.807, 2.05) is 38.2 Å². The molecule has 1 aliphatic rings. The van der Waals surface area contributed by atoms with E-state index in [0.717, 1.165) is 28.8 Å². The molecule has 1 fully saturated rings. The number of hydrogen-bond donors (Lipinski definition) is 1. The Balaban J connectivity index is 2.07. The lowest BCUT2D eigenvalue weighted by atomic mass is 10.2. The number of piperazine rings is 1. The van der Waals surface area contributed by atoms with E-state index >= 15 is 0 Å². The Kier molecular flexibility index (Phi) is 5.58. The fourth-order valence-corrected chi connectivity index (χ4v) is 2.74. The molecule has 2 rings (SSSR count). The van der Waals surface area contributed by atoms with Gasteiger partial charge in [0, 0.05) is 42.5 Å². The summed E-state index contributed by atoms with van der Waals surface area (Å²) < 4.78 is 0.994. The van der Waals surface area contributed by atoms with Crippen LogP contribution in [0, 0.1) is 18.3 Å². The summed E-state index contributed by atoms with van der Waals surface area (Å²) >= 11 is 3.41. The van der Waals surface area contributed by atoms with Gasteiger partial charge in [0.05, 0.1) is 0 Å². The Morgan fingerprint density at radius 1 is 1.36 bits per heavy atom. The fraction of sp³-hybridized carbons (Fsp3) is 0.375. The number of amides is 1. The summed E-state index contributed by atoms with van der Waals surface area (Å²) in [7, 11) is 2.03. The molecule has 0 atom stereocenters. The van der Waals surface area contributed by atoms with E-state index in [1.54, 1.807) is 4.90 Å². The number of nitriles is 1. The number of carbonyl (C=O) groups is 1. The van der Waals surface area contributed by atoms with Crippen LogP contribution in [0.4, 0.5) is 5.69 Å². The Morgan fingerprint density at radius 3 is 2.64 bits per heavy atom. The Hall–Kier alpha value is -1.84. The number of rotatable bonds is 3. The zero-order valence-corrected chi connectivity index (χ0v) is 14.4. The van der Waals surface area contributed by atoms with Gasteiger partial charge in [-0.2, -0.15) is 5.26 Å². The number of nitrogens with zero attached hydrogens (tertiary/aromatic N) is 3. The SMILES string of the molecule is Cc1cc(Br)ccc1N/C=C(/C#N)C(=O)N1CCN(C)CC1. The van der Waals surface area contributed by atoms with Gasteiger partial charge >= 0.3 is 0 Å². The Bertz CT molecular complexity index is 628. The molecule has 6 heteroatoms. The second kappa shape index (κ2) is 7.43. The van der Waals surface area contributed by atoms with Crippen molar-refractivity contribution in [3.05, 3.63) is 40.0 Å². The van der Waals surface area contributed by atoms with Gasteiger partial charge in [0.1, 0.15) is 11.6 Å². The van der Waals surface area contributed by atoms with Gasteiger partial charge in [-0.05, 0) is 37.7 Å². The van der Waals surface area contributed by atoms with E-state index in [2.05, 4.69) is 26.1 Å². The fourth-order valence-electron chi connectivity index (χ4n) is 2.26. The van der Waals surface area contributed by atoms with Gasteiger partial charge in [-0.25, -0.2) is 0 Å². The van der Waals surface area contributed by atoms with E-state index in [4.69, 9.17) is 0 Å². The first-order valence-corrected chi connectivity index (χ1v) is 7.91. The van der Waals surface area contributed by atoms with Crippen molar-refractivity contribution < 1.29 is 4.79 Å². The number of aryl methyl sites for hydroxylation is 1. The summed E-state index contributed by atoms with van der Waals surface area (Å²) in [5, 5.41) is 12.3. The molecule has 1 aliphatic heterocycles. The highest BCUT2D eigenvalue weighted by Gasteiger charge is 2.22. The first-order valence-electron chi connectivity index (χ1n) is 7.12. The van der Waals surface area contributed by atoms with E-state index in [1.165, 1.54) is 6.20 Å². The van der Waals surface area contributed by atoms with Gasteiger partial charge in [-0.1, -0.05) is 15.9 Å². The zero-order valence-electron chi connectivity index (χ0n) is 12.8. The van der Waals surface area contributed by atoms with E-state index in [9.17, 15) is 10.1 Å². The first-order chi connectivity index (χ1) is 10.5. The molecule has 1 saturated heterocycles. The maximum atomic E-state index is 12.4. The smallest absolute Gasteiger partial charge is 0.266 e. The molecule has 0 radical (unpaired) electrons. The molecule has 5 nitrogen and oxygen atoms in total. The van der Waals surface area contributed by atoms with Crippen LogP contribution in [0.2, 0.25) is 0 Å². The predicted octanol–water partition coefficient (Wildman–Crippen LogP) is 2.35. The van der Waals surface area contributed by atoms with Gasteiger partial charge in [0.15, 0.2) is 0 Å². The van der Waals surface area contributed by atoms with Crippen LogP contribution in [-0.4, -0.2) is 48.9 Å². The third-order valence-corrected chi connectivity index (χ3v) is 4.20. The first kappa shape index (κ1) is 16.5. The zero-order chi connectivity index (χ0) is 16.1. The second-order valence-electron chi connectivity index (χ2n) is 5.37. The molecule has 1 aromatic carbocycles. The lowest BCUT2D eigenvalue weighted by Gasteiger charge is -2.32. The van der Waals surface area contributed by atoms with Crippen LogP contribution >= 0.6 is 15.9 Å². The number of halogens is 1. The molecule has 1 amide bonds. The molecule has 22 heavy (non-hydrogen) atoms. The molecule has 0 aromatic heterocycles. The van der Waals surface area contributed by atoms with Crippen LogP contribution in [0.5, 0.6) is 0 Å². The topological polar surface area (TPSA) is 59.4 Å². The minimum Gasteiger partial charge on any atom is -0.360 e. The summed E-state index contributed by atoms with van der Waals surface area (Å²) in [6.45, 7) is 4.96. The number of benzene rings is 1. The van der Waals surface area contributed by atoms with Crippen LogP contribution in [0.25, 0.3) is 0 Å². The monoisotopic (exact) mass is 362 g/mol. The Morgan fingerprint density at radius 2 is 2.05 bits per heavy atom. The highest BCUT2D eigenvalue weighted by molar-refractivity contribution is 9.10. The van der Waals surface area contributed by atoms with Crippen molar-refractivity contribution in [2.75, 3.05) is 38.5 Å². The molecule has 1 aromatic rings. The number of nitrogens with one attached hydrogen (secondary N) is 1. The summed E-state index contributed by atoms with van der Waals surface area (Å²) in [5.41, 5.74) is 2.05. The van der Waals surface area contributed by atoms with Crippen molar-refractivity contribution in [1.29, 1.82) is 5.26 Å². The molecule has 0 bridgehead atoms. The van der Waals surface area contributed by atoms with Crippen molar-refractivity contribution in [1.82, 2.24) is 9.80 Å². The lowest BCUT2D eigenvalue weighted by molar-refractivity contribution is -0.128. The van der Waals surface area contributed by atoms with Gasteiger partial charge in [-0.15, -0.1) is 0 Å². The second-order valence-corrected chi connectivity index (χ2v) is 6.28. The highest BCUT2D eigenvalue weighted by Crippen LogP contribution is 2.20. The van der Waals surface area contributed by atoms with Gasteiger partial charge < -0.3 is 15.1 Å². The van der Waals surface area contributed by atoms with E-state index in [0.29, 0.717) is 13.1 Å². The predicted molar refractivity (Wildman–Crippen MR) is 90.3 cm³/mol. The van der Waals surface area contributed by atoms with Crippen LogP contribution in [-0.2, 0) is 4.79 Å². The van der Waals surface area contributed by atoms with Crippen molar-refractivity contribution in [2.24, 2.45) is 0 Å². The van der Waals surface area contributed by atoms with Crippen LogP contribution < -0.4 is 5.32 Å². The van der Waals surface area contributed by atoms with E-state index < -0.39 is 0 Å². The average Bonchev–Trinajstić information content (AvgIpc) is 2.50. The molecule has 0 spiro atoms. The molecule has 0 unspecified atom stereocenters. The Labute approximate surface area is 139 Å². The number of likely N-dealkylation sites (N-methyl/N-ethyl adjacent to an activating group) is 1. The maximum absolute atomic E-state index is 12.4. The standard InChI is InChI=1S/C16H19BrN4O/c1-12-9-14(17)3-4-15(12)19-11-13(10-18)16(22)21-7-5-20(2)6-8-21/h3-4,9,11,19H,5-8H2,1-2H3/b13-11-. The van der Waals surface area contributed by atoms with Crippen molar-refractivity contribution in [2.45, 2.75) is 6.92 Å². The summed E-state index contributed by atoms with van der Waals surface area (Å²) in [6, 6.07) is 7.79. The molecule has 1 heterocycles. The summed E-state index contributed by atoms with van der Waals surface area (Å²) in [5.74, 6) is -0.210. The third kappa shape index (κ3) is 4.09. The largest absolute Gasteiger partial charge is 0.360 e. The summed E-state index contributed by atoms with van der Waals surface area (Å²) in [6.07, 6.45) is 1.50. The highest BCUT2D eigenvalue weighted by atomic mass is 79.9. The molecular formula is C16H19BrN4O. The molecule has 0 saturated carbocycles. The van der Waals surface area contributed by atoms with Crippen LogP contribution in [0.15, 0.2) is 34.4 Å². The van der Waals surface area contributed by atoms with Crippen LogP contribution in [0.1, 0.15) is 5.56 Å². The minimum atomic E-state index is -0.210. The average molecular weight is 363 g/mol. The number of carbonyl (C=O) groups excluding carboxylic acids is 1. The van der Waals surface area contributed by atoms with Crippen molar-refractivity contribution >= 4 is 27.5 Å². The maximum Gasteiger partial charge on any atom is 0.266 e. The van der Waals surface area contributed by atoms with Gasteiger partial charge in [0.2, 0.25) is 0 Å². The lowest BCUT2D eigenvalue weighted by Crippen LogP contribution is -2.47. The van der Waals surface area contributed by atoms with Gasteiger partial charge in [-0.3, -0.25) is 4.79 Å². The third-order valence-electron chi connectivity index (χ3n) is 3.70. The number of anilines is 1. The molecular weight excluding hydrogens is 344 g/mol. The quantitative estimate of drug-likeness (QED) is 0.662. The normalized spacial score (nSPS) is 16.3. The molecule has 0 aliphatic carbocycles. The van der Waals surface area contributed by atoms with Crippen molar-refractivity contribution in [3.63, 3.8) is 0 Å². The van der Waals surface area contributed by atoms with Crippen LogP contribution in [0.3, 0.4) is 0 Å². The molecule has 1 N–H and O–H groups in total. The van der Waals surface area contributed by atoms with Crippen molar-refractivity contribution in [3.8, 4) is 6.07 Å². The minimum absolute atomic E-state index is 0.131. The number of hydrogen-bond acceptors (Lipinski definition) is 4. The van der Waals surface area contributed by atoms with Gasteiger partial charge in [0.25, 0.3) is 5.91 Å². The molecule has 116 valence electrons. The summed E-state index contributed by atoms with van der Waals surface area (Å²) in [4.78, 5) is 16.3.